The first-order chi connectivity index (χ1) is 9.71. The fourth-order valence-electron chi connectivity index (χ4n) is 3.02. The number of nitrogen functional groups attached to an aromatic ring is 1. The molecule has 1 heterocycles. The van der Waals surface area contributed by atoms with E-state index in [0.717, 1.165) is 24.1 Å². The van der Waals surface area contributed by atoms with Gasteiger partial charge >= 0.3 is 0 Å². The molecule has 0 saturated heterocycles. The summed E-state index contributed by atoms with van der Waals surface area (Å²) in [5, 5.41) is 6.69. The van der Waals surface area contributed by atoms with Crippen LogP contribution in [0.5, 0.6) is 0 Å². The molecule has 1 aromatic rings. The normalized spacial score (nSPS) is 22.5. The van der Waals surface area contributed by atoms with Gasteiger partial charge in [-0.2, -0.15) is 9.97 Å². The van der Waals surface area contributed by atoms with E-state index in [2.05, 4.69) is 27.5 Å². The lowest BCUT2D eigenvalue weighted by Gasteiger charge is -2.29. The smallest absolute Gasteiger partial charge is 0.223 e. The maximum Gasteiger partial charge on any atom is 0.223 e. The average Bonchev–Trinajstić information content (AvgIpc) is 2.41. The van der Waals surface area contributed by atoms with Gasteiger partial charge in [0.1, 0.15) is 11.6 Å². The Labute approximate surface area is 121 Å². The molecule has 1 aliphatic rings. The largest absolute Gasteiger partial charge is 0.370 e. The van der Waals surface area contributed by atoms with Crippen molar-refractivity contribution in [2.75, 3.05) is 22.9 Å². The molecule has 1 fully saturated rings. The Bertz CT molecular complexity index is 413. The highest BCUT2D eigenvalue weighted by Crippen LogP contribution is 2.29. The third kappa shape index (κ3) is 4.25. The van der Waals surface area contributed by atoms with Crippen molar-refractivity contribution >= 4 is 17.6 Å². The van der Waals surface area contributed by atoms with E-state index in [4.69, 9.17) is 5.73 Å². The van der Waals surface area contributed by atoms with E-state index >= 15 is 0 Å². The van der Waals surface area contributed by atoms with Gasteiger partial charge in [0.25, 0.3) is 0 Å². The van der Waals surface area contributed by atoms with Crippen molar-refractivity contribution in [1.82, 2.24) is 9.97 Å². The minimum absolute atomic E-state index is 0.325. The standard InChI is InChI=1S/C15H27N5/c1-3-5-11-6-8-12(9-7-11)18-14-10-13(17-4-2)19-15(16)20-14/h10-12H,3-9H2,1-2H3,(H4,16,17,18,19,20). The second kappa shape index (κ2) is 7.31. The fraction of sp³-hybridized carbons (Fsp3) is 0.733. The van der Waals surface area contributed by atoms with E-state index in [1.54, 1.807) is 0 Å². The third-order valence-electron chi connectivity index (χ3n) is 4.00. The first kappa shape index (κ1) is 14.9. The Morgan fingerprint density at radius 2 is 1.85 bits per heavy atom. The maximum absolute atomic E-state index is 5.75. The molecule has 0 atom stereocenters. The van der Waals surface area contributed by atoms with E-state index in [1.165, 1.54) is 38.5 Å². The first-order valence-corrected chi connectivity index (χ1v) is 7.86. The Morgan fingerprint density at radius 1 is 1.15 bits per heavy atom. The molecule has 20 heavy (non-hydrogen) atoms. The van der Waals surface area contributed by atoms with E-state index in [-0.39, 0.29) is 0 Å². The number of rotatable bonds is 6. The molecule has 5 nitrogen and oxygen atoms in total. The van der Waals surface area contributed by atoms with Crippen LogP contribution in [-0.2, 0) is 0 Å². The minimum Gasteiger partial charge on any atom is -0.370 e. The second-order valence-electron chi connectivity index (χ2n) is 5.68. The molecule has 0 unspecified atom stereocenters. The van der Waals surface area contributed by atoms with Crippen molar-refractivity contribution in [3.8, 4) is 0 Å². The van der Waals surface area contributed by atoms with Crippen LogP contribution in [0.3, 0.4) is 0 Å². The van der Waals surface area contributed by atoms with Crippen molar-refractivity contribution in [3.05, 3.63) is 6.07 Å². The lowest BCUT2D eigenvalue weighted by molar-refractivity contribution is 0.318. The molecule has 1 aliphatic carbocycles. The van der Waals surface area contributed by atoms with Gasteiger partial charge in [0.05, 0.1) is 0 Å². The maximum atomic E-state index is 5.75. The number of aromatic nitrogens is 2. The highest BCUT2D eigenvalue weighted by molar-refractivity contribution is 5.51. The van der Waals surface area contributed by atoms with Crippen molar-refractivity contribution in [1.29, 1.82) is 0 Å². The summed E-state index contributed by atoms with van der Waals surface area (Å²) < 4.78 is 0. The molecule has 112 valence electrons. The van der Waals surface area contributed by atoms with E-state index in [9.17, 15) is 0 Å². The summed E-state index contributed by atoms with van der Waals surface area (Å²) in [6.07, 6.45) is 7.78. The molecule has 0 radical (unpaired) electrons. The Kier molecular flexibility index (Phi) is 5.44. The quantitative estimate of drug-likeness (QED) is 0.744. The van der Waals surface area contributed by atoms with Gasteiger partial charge in [-0.1, -0.05) is 19.8 Å². The van der Waals surface area contributed by atoms with Crippen LogP contribution in [0.25, 0.3) is 0 Å². The number of hydrogen-bond acceptors (Lipinski definition) is 5. The zero-order valence-corrected chi connectivity index (χ0v) is 12.7. The predicted molar refractivity (Wildman–Crippen MR) is 84.9 cm³/mol. The topological polar surface area (TPSA) is 75.9 Å². The second-order valence-corrected chi connectivity index (χ2v) is 5.68. The van der Waals surface area contributed by atoms with Crippen molar-refractivity contribution in [2.45, 2.75) is 58.4 Å². The van der Waals surface area contributed by atoms with Crippen molar-refractivity contribution in [2.24, 2.45) is 5.92 Å². The van der Waals surface area contributed by atoms with E-state index in [0.29, 0.717) is 12.0 Å². The molecule has 0 aliphatic heterocycles. The Morgan fingerprint density at radius 3 is 2.50 bits per heavy atom. The molecule has 0 spiro atoms. The summed E-state index contributed by atoms with van der Waals surface area (Å²) in [6, 6.07) is 2.46. The van der Waals surface area contributed by atoms with Crippen LogP contribution in [0.1, 0.15) is 52.4 Å². The van der Waals surface area contributed by atoms with E-state index < -0.39 is 0 Å². The van der Waals surface area contributed by atoms with Crippen LogP contribution < -0.4 is 16.4 Å². The summed E-state index contributed by atoms with van der Waals surface area (Å²) >= 11 is 0. The van der Waals surface area contributed by atoms with Gasteiger partial charge in [-0.15, -0.1) is 0 Å². The van der Waals surface area contributed by atoms with E-state index in [1.807, 2.05) is 13.0 Å². The van der Waals surface area contributed by atoms with Gasteiger partial charge in [-0.25, -0.2) is 0 Å². The first-order valence-electron chi connectivity index (χ1n) is 7.86. The molecule has 2 rings (SSSR count). The van der Waals surface area contributed by atoms with Gasteiger partial charge in [0, 0.05) is 18.7 Å². The Hall–Kier alpha value is -1.52. The molecule has 0 amide bonds. The minimum atomic E-state index is 0.325. The SMILES string of the molecule is CCCC1CCC(Nc2cc(NCC)nc(N)n2)CC1. The summed E-state index contributed by atoms with van der Waals surface area (Å²) in [5.41, 5.74) is 5.75. The fourth-order valence-corrected chi connectivity index (χ4v) is 3.02. The predicted octanol–water partition coefficient (Wildman–Crippen LogP) is 3.26. The van der Waals surface area contributed by atoms with Gasteiger partial charge < -0.3 is 16.4 Å². The zero-order valence-electron chi connectivity index (χ0n) is 12.7. The third-order valence-corrected chi connectivity index (χ3v) is 4.00. The average molecular weight is 277 g/mol. The van der Waals surface area contributed by atoms with Crippen LogP contribution >= 0.6 is 0 Å². The molecular weight excluding hydrogens is 250 g/mol. The lowest BCUT2D eigenvalue weighted by atomic mass is 9.83. The van der Waals surface area contributed by atoms with Gasteiger partial charge in [-0.3, -0.25) is 0 Å². The number of nitrogens with two attached hydrogens (primary N) is 1. The number of nitrogens with one attached hydrogen (secondary N) is 2. The number of anilines is 3. The highest BCUT2D eigenvalue weighted by atomic mass is 15.1. The van der Waals surface area contributed by atoms with Gasteiger partial charge in [0.15, 0.2) is 0 Å². The molecular formula is C15H27N5. The molecule has 5 heteroatoms. The summed E-state index contributed by atoms with van der Waals surface area (Å²) in [5.74, 6) is 2.88. The molecule has 0 aromatic carbocycles. The molecule has 1 saturated carbocycles. The molecule has 1 aromatic heterocycles. The number of nitrogens with zero attached hydrogens (tertiary/aromatic N) is 2. The van der Waals surface area contributed by atoms with Gasteiger partial charge in [-0.05, 0) is 38.5 Å². The van der Waals surface area contributed by atoms with Crippen LogP contribution in [-0.4, -0.2) is 22.6 Å². The van der Waals surface area contributed by atoms with Crippen LogP contribution in [0.15, 0.2) is 6.07 Å². The summed E-state index contributed by atoms with van der Waals surface area (Å²) in [7, 11) is 0. The van der Waals surface area contributed by atoms with Crippen LogP contribution in [0.2, 0.25) is 0 Å². The zero-order chi connectivity index (χ0) is 14.4. The monoisotopic (exact) mass is 277 g/mol. The van der Waals surface area contributed by atoms with Crippen molar-refractivity contribution in [3.63, 3.8) is 0 Å². The number of hydrogen-bond donors (Lipinski definition) is 3. The lowest BCUT2D eigenvalue weighted by Crippen LogP contribution is -2.26. The molecule has 4 N–H and O–H groups in total. The Balaban J connectivity index is 1.90. The molecule has 0 bridgehead atoms. The highest BCUT2D eigenvalue weighted by Gasteiger charge is 2.20. The van der Waals surface area contributed by atoms with Crippen LogP contribution in [0.4, 0.5) is 17.6 Å². The van der Waals surface area contributed by atoms with Crippen LogP contribution in [0, 0.1) is 5.92 Å². The summed E-state index contributed by atoms with van der Waals surface area (Å²) in [4.78, 5) is 8.45. The van der Waals surface area contributed by atoms with Crippen molar-refractivity contribution < 1.29 is 0 Å². The van der Waals surface area contributed by atoms with Gasteiger partial charge in [0.2, 0.25) is 5.95 Å². The summed E-state index contributed by atoms with van der Waals surface area (Å²) in [6.45, 7) is 5.15.